The van der Waals surface area contributed by atoms with Crippen molar-refractivity contribution < 1.29 is 26.3 Å². The van der Waals surface area contributed by atoms with Gasteiger partial charge in [0.15, 0.2) is 0 Å². The van der Waals surface area contributed by atoms with Gasteiger partial charge in [-0.15, -0.1) is 0 Å². The van der Waals surface area contributed by atoms with Crippen molar-refractivity contribution in [2.75, 3.05) is 6.67 Å². The van der Waals surface area contributed by atoms with E-state index in [1.54, 1.807) is 0 Å². The lowest BCUT2D eigenvalue weighted by Gasteiger charge is -2.18. The standard InChI is InChI=1S/C5H7F5.C2H5F/c1-2-3-4(6,7)5(8,9)10;1-2-3/h2-3H2,1H3;2H2,1H3. The van der Waals surface area contributed by atoms with Gasteiger partial charge in [0.05, 0.1) is 6.67 Å². The van der Waals surface area contributed by atoms with Gasteiger partial charge in [-0.25, -0.2) is 0 Å². The highest BCUT2D eigenvalue weighted by atomic mass is 19.4. The van der Waals surface area contributed by atoms with E-state index in [1.165, 1.54) is 13.8 Å². The van der Waals surface area contributed by atoms with E-state index in [1.807, 2.05) is 0 Å². The maximum atomic E-state index is 11.8. The number of hydrogen-bond acceptors (Lipinski definition) is 0. The van der Waals surface area contributed by atoms with Crippen LogP contribution in [0, 0.1) is 0 Å². The number of hydrogen-bond donors (Lipinski definition) is 0. The summed E-state index contributed by atoms with van der Waals surface area (Å²) in [6.45, 7) is 2.49. The Hall–Kier alpha value is -0.420. The molecule has 0 radical (unpaired) electrons. The van der Waals surface area contributed by atoms with E-state index in [4.69, 9.17) is 0 Å². The van der Waals surface area contributed by atoms with Crippen LogP contribution in [0.5, 0.6) is 0 Å². The van der Waals surface area contributed by atoms with Crippen LogP contribution in [-0.2, 0) is 0 Å². The summed E-state index contributed by atoms with van der Waals surface area (Å²) in [5.74, 6) is -4.51. The minimum absolute atomic E-state index is 0.174. The molecule has 0 bridgehead atoms. The predicted molar refractivity (Wildman–Crippen MR) is 37.6 cm³/mol. The van der Waals surface area contributed by atoms with Crippen LogP contribution in [0.15, 0.2) is 0 Å². The summed E-state index contributed by atoms with van der Waals surface area (Å²) in [5, 5.41) is 0. The normalized spacial score (nSPS) is 12.0. The molecule has 0 aliphatic carbocycles. The lowest BCUT2D eigenvalue weighted by molar-refractivity contribution is -0.284. The molecule has 82 valence electrons. The Morgan fingerprint density at radius 3 is 1.31 bits per heavy atom. The van der Waals surface area contributed by atoms with Gasteiger partial charge in [0.2, 0.25) is 0 Å². The monoisotopic (exact) mass is 210 g/mol. The van der Waals surface area contributed by atoms with E-state index in [9.17, 15) is 26.3 Å². The predicted octanol–water partition coefficient (Wildman–Crippen LogP) is 3.96. The molecule has 0 saturated heterocycles. The summed E-state index contributed by atoms with van der Waals surface area (Å²) in [5.41, 5.74) is 0. The molecule has 0 aromatic carbocycles. The number of rotatable bonds is 2. The topological polar surface area (TPSA) is 0 Å². The zero-order valence-electron chi connectivity index (χ0n) is 7.39. The Morgan fingerprint density at radius 1 is 0.923 bits per heavy atom. The summed E-state index contributed by atoms with van der Waals surface area (Å²) in [6.07, 6.45) is -6.69. The fourth-order valence-corrected chi connectivity index (χ4v) is 0.456. The first-order chi connectivity index (χ1) is 5.72. The zero-order valence-corrected chi connectivity index (χ0v) is 7.39. The molecule has 0 heterocycles. The molecule has 0 N–H and O–H groups in total. The zero-order chi connectivity index (χ0) is 11.1. The van der Waals surface area contributed by atoms with E-state index < -0.39 is 18.5 Å². The molecule has 0 unspecified atom stereocenters. The molecular weight excluding hydrogens is 198 g/mol. The van der Waals surface area contributed by atoms with Crippen LogP contribution in [0.4, 0.5) is 26.3 Å². The van der Waals surface area contributed by atoms with E-state index in [0.29, 0.717) is 0 Å². The van der Waals surface area contributed by atoms with Crippen LogP contribution in [0.3, 0.4) is 0 Å². The lowest BCUT2D eigenvalue weighted by atomic mass is 10.2. The third kappa shape index (κ3) is 6.72. The summed E-state index contributed by atoms with van der Waals surface area (Å²) in [4.78, 5) is 0. The molecule has 0 saturated carbocycles. The molecule has 6 heteroatoms. The van der Waals surface area contributed by atoms with Crippen molar-refractivity contribution in [1.82, 2.24) is 0 Å². The van der Waals surface area contributed by atoms with Crippen LogP contribution in [0.25, 0.3) is 0 Å². The van der Waals surface area contributed by atoms with Crippen LogP contribution >= 0.6 is 0 Å². The Balaban J connectivity index is 0. The number of halogens is 6. The minimum atomic E-state index is -5.39. The van der Waals surface area contributed by atoms with E-state index in [0.717, 1.165) is 0 Å². The highest BCUT2D eigenvalue weighted by Crippen LogP contribution is 2.38. The first-order valence-corrected chi connectivity index (χ1v) is 3.73. The summed E-state index contributed by atoms with van der Waals surface area (Å²) in [6, 6.07) is 0. The quantitative estimate of drug-likeness (QED) is 0.605. The second-order valence-electron chi connectivity index (χ2n) is 2.22. The van der Waals surface area contributed by atoms with Gasteiger partial charge in [0.25, 0.3) is 0 Å². The molecule has 13 heavy (non-hydrogen) atoms. The molecule has 0 aliphatic rings. The van der Waals surface area contributed by atoms with Gasteiger partial charge in [0, 0.05) is 6.42 Å². The van der Waals surface area contributed by atoms with Crippen LogP contribution in [0.1, 0.15) is 26.7 Å². The average Bonchev–Trinajstić information content (AvgIpc) is 1.85. The lowest BCUT2D eigenvalue weighted by Crippen LogP contribution is -2.35. The third-order valence-corrected chi connectivity index (χ3v) is 0.979. The maximum Gasteiger partial charge on any atom is 0.453 e. The van der Waals surface area contributed by atoms with Crippen LogP contribution in [-0.4, -0.2) is 18.8 Å². The van der Waals surface area contributed by atoms with Crippen LogP contribution in [0.2, 0.25) is 0 Å². The second kappa shape index (κ2) is 6.10. The highest BCUT2D eigenvalue weighted by molar-refractivity contribution is 4.74. The summed E-state index contributed by atoms with van der Waals surface area (Å²) in [7, 11) is 0. The third-order valence-electron chi connectivity index (χ3n) is 0.979. The minimum Gasteiger partial charge on any atom is -0.251 e. The van der Waals surface area contributed by atoms with Crippen LogP contribution < -0.4 is 0 Å². The Labute approximate surface area is 72.9 Å². The molecule has 0 nitrogen and oxygen atoms in total. The molecule has 0 aromatic rings. The maximum absolute atomic E-state index is 11.8. The van der Waals surface area contributed by atoms with Gasteiger partial charge in [-0.05, 0) is 6.92 Å². The van der Waals surface area contributed by atoms with Gasteiger partial charge in [-0.3, -0.25) is 4.39 Å². The summed E-state index contributed by atoms with van der Waals surface area (Å²) >= 11 is 0. The molecule has 0 rings (SSSR count). The van der Waals surface area contributed by atoms with Crippen molar-refractivity contribution in [2.24, 2.45) is 0 Å². The fraction of sp³-hybridized carbons (Fsp3) is 1.00. The molecule has 0 spiro atoms. The second-order valence-corrected chi connectivity index (χ2v) is 2.22. The van der Waals surface area contributed by atoms with Crippen molar-refractivity contribution in [3.05, 3.63) is 0 Å². The smallest absolute Gasteiger partial charge is 0.251 e. The number of alkyl halides is 6. The van der Waals surface area contributed by atoms with Gasteiger partial charge < -0.3 is 0 Å². The van der Waals surface area contributed by atoms with Gasteiger partial charge in [-0.2, -0.15) is 22.0 Å². The van der Waals surface area contributed by atoms with E-state index in [2.05, 4.69) is 0 Å². The SMILES string of the molecule is CCCC(F)(F)C(F)(F)F.CCF. The van der Waals surface area contributed by atoms with Crippen molar-refractivity contribution in [3.8, 4) is 0 Å². The van der Waals surface area contributed by atoms with Crippen molar-refractivity contribution in [2.45, 2.75) is 38.8 Å². The molecule has 0 aromatic heterocycles. The van der Waals surface area contributed by atoms with Crippen molar-refractivity contribution >= 4 is 0 Å². The van der Waals surface area contributed by atoms with Crippen molar-refractivity contribution in [1.29, 1.82) is 0 Å². The average molecular weight is 210 g/mol. The van der Waals surface area contributed by atoms with Gasteiger partial charge >= 0.3 is 12.1 Å². The largest absolute Gasteiger partial charge is 0.453 e. The highest BCUT2D eigenvalue weighted by Gasteiger charge is 2.56. The first-order valence-electron chi connectivity index (χ1n) is 3.73. The fourth-order valence-electron chi connectivity index (χ4n) is 0.456. The Kier molecular flexibility index (Phi) is 7.07. The first kappa shape index (κ1) is 15.1. The van der Waals surface area contributed by atoms with Crippen molar-refractivity contribution in [3.63, 3.8) is 0 Å². The Bertz CT molecular complexity index is 117. The Morgan fingerprint density at radius 2 is 1.23 bits per heavy atom. The molecule has 0 amide bonds. The van der Waals surface area contributed by atoms with E-state index in [-0.39, 0.29) is 13.1 Å². The molecule has 0 fully saturated rings. The van der Waals surface area contributed by atoms with Gasteiger partial charge in [0.1, 0.15) is 0 Å². The molecule has 0 aliphatic heterocycles. The molecular formula is C7H12F6. The molecule has 0 atom stereocenters. The van der Waals surface area contributed by atoms with E-state index >= 15 is 0 Å². The summed E-state index contributed by atoms with van der Waals surface area (Å²) < 4.78 is 67.7. The van der Waals surface area contributed by atoms with Gasteiger partial charge in [-0.1, -0.05) is 13.3 Å².